The van der Waals surface area contributed by atoms with Gasteiger partial charge in [0.25, 0.3) is 5.91 Å². The minimum atomic E-state index is -0.331. The molecule has 0 aliphatic rings. The van der Waals surface area contributed by atoms with E-state index in [1.165, 1.54) is 0 Å². The molecule has 2 aromatic rings. The van der Waals surface area contributed by atoms with E-state index in [2.05, 4.69) is 22.3 Å². The number of nitrogens with zero attached hydrogens (tertiary/aromatic N) is 1. The molecule has 2 rings (SSSR count). The summed E-state index contributed by atoms with van der Waals surface area (Å²) in [6.07, 6.45) is 0.425. The zero-order chi connectivity index (χ0) is 14.4. The third kappa shape index (κ3) is 3.70. The Hall–Kier alpha value is -2.58. The van der Waals surface area contributed by atoms with Gasteiger partial charge in [-0.1, -0.05) is 23.1 Å². The summed E-state index contributed by atoms with van der Waals surface area (Å²) in [4.78, 5) is 11.9. The van der Waals surface area contributed by atoms with Gasteiger partial charge in [-0.15, -0.1) is 0 Å². The van der Waals surface area contributed by atoms with E-state index in [4.69, 9.17) is 9.63 Å². The molecule has 1 amide bonds. The number of aliphatic hydroxyl groups is 1. The molecule has 5 heteroatoms. The van der Waals surface area contributed by atoms with Crippen LogP contribution in [0.3, 0.4) is 0 Å². The maximum absolute atomic E-state index is 11.9. The molecule has 102 valence electrons. The molecule has 2 N–H and O–H groups in total. The summed E-state index contributed by atoms with van der Waals surface area (Å²) in [5.74, 6) is 5.99. The topological polar surface area (TPSA) is 75.4 Å². The molecule has 0 fully saturated rings. The van der Waals surface area contributed by atoms with E-state index in [1.54, 1.807) is 31.2 Å². The van der Waals surface area contributed by atoms with Crippen LogP contribution in [0.2, 0.25) is 0 Å². The first kappa shape index (κ1) is 13.8. The molecule has 0 radical (unpaired) electrons. The van der Waals surface area contributed by atoms with E-state index in [0.717, 1.165) is 5.56 Å². The number of hydrogen-bond acceptors (Lipinski definition) is 4. The highest BCUT2D eigenvalue weighted by Crippen LogP contribution is 2.12. The standard InChI is InChI=1S/C15H14N2O3/c1-11-9-14(17-20-11)15(19)16-13-7-4-6-12(10-13)5-2-3-8-18/h4,6-7,9-10,18H,3,8H2,1H3,(H,16,19). The van der Waals surface area contributed by atoms with Crippen molar-refractivity contribution in [2.45, 2.75) is 13.3 Å². The molecule has 0 aliphatic heterocycles. The highest BCUT2D eigenvalue weighted by Gasteiger charge is 2.10. The fourth-order valence-corrected chi connectivity index (χ4v) is 1.56. The molecule has 20 heavy (non-hydrogen) atoms. The van der Waals surface area contributed by atoms with Crippen molar-refractivity contribution in [2.24, 2.45) is 0 Å². The van der Waals surface area contributed by atoms with Crippen LogP contribution in [0.4, 0.5) is 5.69 Å². The predicted octanol–water partition coefficient (Wildman–Crippen LogP) is 1.97. The van der Waals surface area contributed by atoms with Gasteiger partial charge >= 0.3 is 0 Å². The van der Waals surface area contributed by atoms with Crippen LogP contribution >= 0.6 is 0 Å². The minimum Gasteiger partial charge on any atom is -0.395 e. The van der Waals surface area contributed by atoms with Gasteiger partial charge < -0.3 is 14.9 Å². The van der Waals surface area contributed by atoms with E-state index in [-0.39, 0.29) is 18.2 Å². The SMILES string of the molecule is Cc1cc(C(=O)Nc2cccc(C#CCCO)c2)no1. The van der Waals surface area contributed by atoms with Crippen molar-refractivity contribution in [3.63, 3.8) is 0 Å². The Morgan fingerprint density at radius 1 is 1.45 bits per heavy atom. The fourth-order valence-electron chi connectivity index (χ4n) is 1.56. The number of aryl methyl sites for hydroxylation is 1. The first-order chi connectivity index (χ1) is 9.69. The lowest BCUT2D eigenvalue weighted by Gasteiger charge is -2.02. The van der Waals surface area contributed by atoms with Gasteiger partial charge in [0.1, 0.15) is 5.76 Å². The number of aromatic nitrogens is 1. The number of anilines is 1. The Kier molecular flexibility index (Phi) is 4.53. The number of benzene rings is 1. The van der Waals surface area contributed by atoms with E-state index >= 15 is 0 Å². The van der Waals surface area contributed by atoms with Gasteiger partial charge in [0, 0.05) is 23.7 Å². The summed E-state index contributed by atoms with van der Waals surface area (Å²) < 4.78 is 4.86. The molecule has 0 aliphatic carbocycles. The number of carbonyl (C=O) groups excluding carboxylic acids is 1. The first-order valence-electron chi connectivity index (χ1n) is 6.13. The second-order valence-electron chi connectivity index (χ2n) is 4.13. The molecule has 1 heterocycles. The highest BCUT2D eigenvalue weighted by molar-refractivity contribution is 6.02. The maximum Gasteiger partial charge on any atom is 0.277 e. The molecule has 0 unspecified atom stereocenters. The molecule has 5 nitrogen and oxygen atoms in total. The van der Waals surface area contributed by atoms with Gasteiger partial charge in [-0.05, 0) is 25.1 Å². The number of carbonyl (C=O) groups is 1. The zero-order valence-electron chi connectivity index (χ0n) is 11.0. The predicted molar refractivity (Wildman–Crippen MR) is 74.2 cm³/mol. The van der Waals surface area contributed by atoms with Crippen molar-refractivity contribution >= 4 is 11.6 Å². The number of nitrogens with one attached hydrogen (secondary N) is 1. The minimum absolute atomic E-state index is 0.0366. The number of amides is 1. The Bertz CT molecular complexity index is 665. The quantitative estimate of drug-likeness (QED) is 0.836. The fraction of sp³-hybridized carbons (Fsp3) is 0.200. The highest BCUT2D eigenvalue weighted by atomic mass is 16.5. The van der Waals surface area contributed by atoms with Crippen molar-refractivity contribution in [2.75, 3.05) is 11.9 Å². The first-order valence-corrected chi connectivity index (χ1v) is 6.13. The monoisotopic (exact) mass is 270 g/mol. The van der Waals surface area contributed by atoms with Gasteiger partial charge in [0.05, 0.1) is 6.61 Å². The molecule has 1 aromatic heterocycles. The van der Waals surface area contributed by atoms with Crippen LogP contribution in [0, 0.1) is 18.8 Å². The van der Waals surface area contributed by atoms with Crippen LogP contribution in [0.15, 0.2) is 34.9 Å². The largest absolute Gasteiger partial charge is 0.395 e. The van der Waals surface area contributed by atoms with Gasteiger partial charge in [0.2, 0.25) is 0 Å². The normalized spacial score (nSPS) is 9.70. The molecule has 0 spiro atoms. The Morgan fingerprint density at radius 2 is 2.30 bits per heavy atom. The van der Waals surface area contributed by atoms with Crippen LogP contribution < -0.4 is 5.32 Å². The molecule has 0 saturated carbocycles. The molecule has 0 bridgehead atoms. The van der Waals surface area contributed by atoms with Gasteiger partial charge in [-0.25, -0.2) is 0 Å². The summed E-state index contributed by atoms with van der Waals surface area (Å²) in [5.41, 5.74) is 1.64. The molecule has 0 saturated heterocycles. The second-order valence-corrected chi connectivity index (χ2v) is 4.13. The van der Waals surface area contributed by atoms with E-state index in [1.807, 2.05) is 6.07 Å². The van der Waals surface area contributed by atoms with Crippen molar-refractivity contribution in [3.05, 3.63) is 47.3 Å². The molecule has 0 atom stereocenters. The number of aliphatic hydroxyl groups excluding tert-OH is 1. The Morgan fingerprint density at radius 3 is 3.00 bits per heavy atom. The van der Waals surface area contributed by atoms with Gasteiger partial charge in [-0.2, -0.15) is 0 Å². The van der Waals surface area contributed by atoms with Crippen LogP contribution in [0.5, 0.6) is 0 Å². The van der Waals surface area contributed by atoms with E-state index < -0.39 is 0 Å². The lowest BCUT2D eigenvalue weighted by molar-refractivity contribution is 0.101. The average Bonchev–Trinajstić information content (AvgIpc) is 2.86. The summed E-state index contributed by atoms with van der Waals surface area (Å²) >= 11 is 0. The molecular weight excluding hydrogens is 256 g/mol. The van der Waals surface area contributed by atoms with Crippen LogP contribution in [0.25, 0.3) is 0 Å². The van der Waals surface area contributed by atoms with Crippen molar-refractivity contribution in [1.82, 2.24) is 5.16 Å². The maximum atomic E-state index is 11.9. The molecule has 1 aromatic carbocycles. The summed E-state index contributed by atoms with van der Waals surface area (Å²) in [7, 11) is 0. The van der Waals surface area contributed by atoms with Crippen LogP contribution in [-0.4, -0.2) is 22.8 Å². The summed E-state index contributed by atoms with van der Waals surface area (Å²) in [5, 5.41) is 15.0. The smallest absolute Gasteiger partial charge is 0.277 e. The number of hydrogen-bond donors (Lipinski definition) is 2. The van der Waals surface area contributed by atoms with Crippen molar-refractivity contribution < 1.29 is 14.4 Å². The third-order valence-corrected chi connectivity index (χ3v) is 2.45. The number of rotatable bonds is 3. The van der Waals surface area contributed by atoms with Gasteiger partial charge in [0.15, 0.2) is 5.69 Å². The van der Waals surface area contributed by atoms with E-state index in [0.29, 0.717) is 17.9 Å². The lowest BCUT2D eigenvalue weighted by atomic mass is 10.2. The summed E-state index contributed by atoms with van der Waals surface area (Å²) in [6, 6.07) is 8.73. The van der Waals surface area contributed by atoms with Crippen molar-refractivity contribution in [1.29, 1.82) is 0 Å². The van der Waals surface area contributed by atoms with Crippen LogP contribution in [-0.2, 0) is 0 Å². The lowest BCUT2D eigenvalue weighted by Crippen LogP contribution is -2.12. The third-order valence-electron chi connectivity index (χ3n) is 2.45. The second kappa shape index (κ2) is 6.55. The summed E-state index contributed by atoms with van der Waals surface area (Å²) in [6.45, 7) is 1.76. The van der Waals surface area contributed by atoms with Crippen molar-refractivity contribution in [3.8, 4) is 11.8 Å². The zero-order valence-corrected chi connectivity index (χ0v) is 11.0. The van der Waals surface area contributed by atoms with Gasteiger partial charge in [-0.3, -0.25) is 4.79 Å². The average molecular weight is 270 g/mol. The Balaban J connectivity index is 2.08. The molecular formula is C15H14N2O3. The van der Waals surface area contributed by atoms with Crippen LogP contribution in [0.1, 0.15) is 28.2 Å². The Labute approximate surface area is 116 Å². The van der Waals surface area contributed by atoms with E-state index in [9.17, 15) is 4.79 Å².